The molecule has 0 saturated heterocycles. The topological polar surface area (TPSA) is 69.8 Å². The summed E-state index contributed by atoms with van der Waals surface area (Å²) < 4.78 is 0. The molecule has 0 unspecified atom stereocenters. The Hall–Kier alpha value is -2.82. The van der Waals surface area contributed by atoms with Crippen molar-refractivity contribution in [2.75, 3.05) is 10.6 Å². The second-order valence-corrected chi connectivity index (χ2v) is 4.62. The summed E-state index contributed by atoms with van der Waals surface area (Å²) in [7, 11) is 0. The maximum absolute atomic E-state index is 11.9. The van der Waals surface area contributed by atoms with E-state index in [1.807, 2.05) is 49.4 Å². The molecule has 1 aromatic heterocycles. The van der Waals surface area contributed by atoms with E-state index in [4.69, 9.17) is 0 Å². The molecule has 1 heterocycles. The summed E-state index contributed by atoms with van der Waals surface area (Å²) >= 11 is 0. The quantitative estimate of drug-likeness (QED) is 0.664. The van der Waals surface area contributed by atoms with Crippen molar-refractivity contribution >= 4 is 28.3 Å². The van der Waals surface area contributed by atoms with Crippen molar-refractivity contribution in [2.45, 2.75) is 6.92 Å². The zero-order valence-corrected chi connectivity index (χ0v) is 11.0. The zero-order chi connectivity index (χ0) is 13.9. The number of benzene rings is 2. The minimum atomic E-state index is -0.271. The molecule has 3 aromatic rings. The number of amides is 2. The van der Waals surface area contributed by atoms with Crippen LogP contribution in [-0.2, 0) is 0 Å². The predicted molar refractivity (Wildman–Crippen MR) is 79.9 cm³/mol. The van der Waals surface area contributed by atoms with Gasteiger partial charge in [0.25, 0.3) is 0 Å². The van der Waals surface area contributed by atoms with Crippen LogP contribution in [0, 0.1) is 6.92 Å². The van der Waals surface area contributed by atoms with Gasteiger partial charge in [0.2, 0.25) is 0 Å². The molecule has 5 nitrogen and oxygen atoms in total. The number of hydrogen-bond donors (Lipinski definition) is 3. The van der Waals surface area contributed by atoms with Crippen LogP contribution in [0.3, 0.4) is 0 Å². The Labute approximate surface area is 116 Å². The smallest absolute Gasteiger partial charge is 0.308 e. The maximum Gasteiger partial charge on any atom is 0.323 e. The number of carbonyl (C=O) groups excluding carboxylic acids is 1. The molecule has 0 atom stereocenters. The molecule has 0 bridgehead atoms. The number of urea groups is 1. The van der Waals surface area contributed by atoms with Crippen LogP contribution in [0.4, 0.5) is 16.2 Å². The first-order chi connectivity index (χ1) is 9.70. The van der Waals surface area contributed by atoms with E-state index in [0.29, 0.717) is 5.69 Å². The molecule has 3 N–H and O–H groups in total. The minimum Gasteiger partial charge on any atom is -0.308 e. The second kappa shape index (κ2) is 5.05. The number of hydrogen-bond acceptors (Lipinski definition) is 2. The third-order valence-corrected chi connectivity index (χ3v) is 3.01. The maximum atomic E-state index is 11.9. The normalized spacial score (nSPS) is 10.4. The van der Waals surface area contributed by atoms with Gasteiger partial charge in [-0.1, -0.05) is 17.7 Å². The van der Waals surface area contributed by atoms with E-state index < -0.39 is 0 Å². The fraction of sp³-hybridized carbons (Fsp3) is 0.0667. The number of fused-ring (bicyclic) bond motifs is 1. The van der Waals surface area contributed by atoms with Crippen molar-refractivity contribution in [3.63, 3.8) is 0 Å². The Kier molecular flexibility index (Phi) is 3.09. The number of aromatic amines is 1. The monoisotopic (exact) mass is 266 g/mol. The van der Waals surface area contributed by atoms with Crippen LogP contribution >= 0.6 is 0 Å². The van der Waals surface area contributed by atoms with Crippen molar-refractivity contribution < 1.29 is 4.79 Å². The van der Waals surface area contributed by atoms with Gasteiger partial charge in [-0.05, 0) is 37.3 Å². The van der Waals surface area contributed by atoms with Gasteiger partial charge in [-0.15, -0.1) is 0 Å². The molecule has 0 saturated carbocycles. The summed E-state index contributed by atoms with van der Waals surface area (Å²) in [5, 5.41) is 13.4. The molecule has 20 heavy (non-hydrogen) atoms. The summed E-state index contributed by atoms with van der Waals surface area (Å²) in [6.07, 6.45) is 1.74. The highest BCUT2D eigenvalue weighted by Crippen LogP contribution is 2.17. The first-order valence-electron chi connectivity index (χ1n) is 6.28. The van der Waals surface area contributed by atoms with E-state index >= 15 is 0 Å². The van der Waals surface area contributed by atoms with Crippen LogP contribution < -0.4 is 10.6 Å². The number of carbonyl (C=O) groups is 1. The lowest BCUT2D eigenvalue weighted by molar-refractivity contribution is 0.262. The van der Waals surface area contributed by atoms with Crippen LogP contribution in [0.1, 0.15) is 5.56 Å². The van der Waals surface area contributed by atoms with Gasteiger partial charge in [0, 0.05) is 16.8 Å². The Morgan fingerprint density at radius 2 is 1.75 bits per heavy atom. The van der Waals surface area contributed by atoms with Crippen LogP contribution in [0.25, 0.3) is 10.9 Å². The minimum absolute atomic E-state index is 0.271. The van der Waals surface area contributed by atoms with Gasteiger partial charge in [0.15, 0.2) is 0 Å². The number of anilines is 2. The van der Waals surface area contributed by atoms with Gasteiger partial charge in [-0.25, -0.2) is 4.79 Å². The van der Waals surface area contributed by atoms with Gasteiger partial charge in [-0.3, -0.25) is 5.10 Å². The van der Waals surface area contributed by atoms with Gasteiger partial charge >= 0.3 is 6.03 Å². The lowest BCUT2D eigenvalue weighted by atomic mass is 10.2. The fourth-order valence-corrected chi connectivity index (χ4v) is 1.95. The first-order valence-corrected chi connectivity index (χ1v) is 6.28. The third kappa shape index (κ3) is 2.61. The fourth-order valence-electron chi connectivity index (χ4n) is 1.95. The number of aromatic nitrogens is 2. The number of aryl methyl sites for hydroxylation is 1. The highest BCUT2D eigenvalue weighted by molar-refractivity contribution is 6.00. The third-order valence-electron chi connectivity index (χ3n) is 3.01. The van der Waals surface area contributed by atoms with Crippen LogP contribution in [0.5, 0.6) is 0 Å². The Morgan fingerprint density at radius 3 is 2.55 bits per heavy atom. The molecule has 2 aromatic carbocycles. The van der Waals surface area contributed by atoms with Crippen molar-refractivity contribution in [3.05, 3.63) is 54.2 Å². The molecular formula is C15H14N4O. The molecule has 0 aliphatic carbocycles. The lowest BCUT2D eigenvalue weighted by Gasteiger charge is -2.08. The lowest BCUT2D eigenvalue weighted by Crippen LogP contribution is -2.19. The first kappa shape index (κ1) is 12.2. The Morgan fingerprint density at radius 1 is 1.05 bits per heavy atom. The number of nitrogens with zero attached hydrogens (tertiary/aromatic N) is 1. The van der Waals surface area contributed by atoms with Gasteiger partial charge in [-0.2, -0.15) is 5.10 Å². The highest BCUT2D eigenvalue weighted by Gasteiger charge is 2.04. The Balaban J connectivity index is 1.70. The summed E-state index contributed by atoms with van der Waals surface area (Å²) in [5.41, 5.74) is 3.51. The van der Waals surface area contributed by atoms with E-state index in [1.165, 1.54) is 0 Å². The zero-order valence-electron chi connectivity index (χ0n) is 11.0. The molecule has 0 fully saturated rings. The van der Waals surface area contributed by atoms with Crippen LogP contribution in [0.15, 0.2) is 48.7 Å². The summed E-state index contributed by atoms with van der Waals surface area (Å²) in [6.45, 7) is 2.00. The molecular weight excluding hydrogens is 252 g/mol. The highest BCUT2D eigenvalue weighted by atomic mass is 16.2. The van der Waals surface area contributed by atoms with Gasteiger partial charge < -0.3 is 10.6 Å². The van der Waals surface area contributed by atoms with Gasteiger partial charge in [0.05, 0.1) is 11.7 Å². The largest absolute Gasteiger partial charge is 0.323 e. The standard InChI is InChI=1S/C15H14N4O/c1-10-2-5-12(6-3-10)17-15(20)18-13-7-4-11-9-16-19-14(11)8-13/h2-9H,1H3,(H,16,19)(H2,17,18,20). The summed E-state index contributed by atoms with van der Waals surface area (Å²) in [6, 6.07) is 13.0. The summed E-state index contributed by atoms with van der Waals surface area (Å²) in [5.74, 6) is 0. The molecule has 100 valence electrons. The van der Waals surface area contributed by atoms with Crippen molar-refractivity contribution in [3.8, 4) is 0 Å². The van der Waals surface area contributed by atoms with Crippen molar-refractivity contribution in [2.24, 2.45) is 0 Å². The van der Waals surface area contributed by atoms with E-state index in [-0.39, 0.29) is 6.03 Å². The SMILES string of the molecule is Cc1ccc(NC(=O)Nc2ccc3cn[nH]c3c2)cc1. The van der Waals surface area contributed by atoms with Crippen molar-refractivity contribution in [1.82, 2.24) is 10.2 Å². The molecule has 2 amide bonds. The number of H-pyrrole nitrogens is 1. The molecule has 0 radical (unpaired) electrons. The molecule has 0 aliphatic rings. The van der Waals surface area contributed by atoms with E-state index in [2.05, 4.69) is 20.8 Å². The second-order valence-electron chi connectivity index (χ2n) is 4.62. The molecule has 0 spiro atoms. The van der Waals surface area contributed by atoms with E-state index in [0.717, 1.165) is 22.2 Å². The van der Waals surface area contributed by atoms with Crippen LogP contribution in [-0.4, -0.2) is 16.2 Å². The number of nitrogens with one attached hydrogen (secondary N) is 3. The Bertz CT molecular complexity index is 746. The summed E-state index contributed by atoms with van der Waals surface area (Å²) in [4.78, 5) is 11.9. The van der Waals surface area contributed by atoms with Gasteiger partial charge in [0.1, 0.15) is 0 Å². The molecule has 5 heteroatoms. The van der Waals surface area contributed by atoms with Crippen LogP contribution in [0.2, 0.25) is 0 Å². The van der Waals surface area contributed by atoms with Crippen molar-refractivity contribution in [1.29, 1.82) is 0 Å². The average molecular weight is 266 g/mol. The molecule has 0 aliphatic heterocycles. The number of rotatable bonds is 2. The average Bonchev–Trinajstić information content (AvgIpc) is 2.89. The van der Waals surface area contributed by atoms with E-state index in [9.17, 15) is 4.79 Å². The van der Waals surface area contributed by atoms with E-state index in [1.54, 1.807) is 6.20 Å². The molecule has 3 rings (SSSR count). The predicted octanol–water partition coefficient (Wildman–Crippen LogP) is 3.52.